The first-order chi connectivity index (χ1) is 11.2. The average molecular weight is 333 g/mol. The summed E-state index contributed by atoms with van der Waals surface area (Å²) >= 11 is 0. The molecule has 0 aromatic carbocycles. The van der Waals surface area contributed by atoms with Crippen molar-refractivity contribution in [1.29, 1.82) is 5.26 Å². The second-order valence-electron chi connectivity index (χ2n) is 6.95. The van der Waals surface area contributed by atoms with Gasteiger partial charge in [0.15, 0.2) is 0 Å². The SMILES string of the molecule is Cc1[nH]c(=O)c(C#N)c(C)c1CCC(=O)NCCCC(C)(C)CO. The first kappa shape index (κ1) is 19.9. The number of aryl methyl sites for hydroxylation is 1. The maximum Gasteiger partial charge on any atom is 0.266 e. The number of hydrogen-bond acceptors (Lipinski definition) is 4. The maximum absolute atomic E-state index is 12.0. The fraction of sp³-hybridized carbons (Fsp3) is 0.611. The molecule has 0 bridgehead atoms. The predicted octanol–water partition coefficient (Wildman–Crippen LogP) is 1.71. The summed E-state index contributed by atoms with van der Waals surface area (Å²) in [6, 6.07) is 1.92. The van der Waals surface area contributed by atoms with Crippen molar-refractivity contribution in [1.82, 2.24) is 10.3 Å². The van der Waals surface area contributed by atoms with Gasteiger partial charge in [0.2, 0.25) is 5.91 Å². The topological polar surface area (TPSA) is 106 Å². The molecule has 1 aromatic heterocycles. The highest BCUT2D eigenvalue weighted by atomic mass is 16.3. The summed E-state index contributed by atoms with van der Waals surface area (Å²) in [6.45, 7) is 8.21. The van der Waals surface area contributed by atoms with Gasteiger partial charge < -0.3 is 15.4 Å². The summed E-state index contributed by atoms with van der Waals surface area (Å²) in [7, 11) is 0. The van der Waals surface area contributed by atoms with Crippen LogP contribution in [0, 0.1) is 30.6 Å². The van der Waals surface area contributed by atoms with Crippen LogP contribution in [0.5, 0.6) is 0 Å². The third kappa shape index (κ3) is 5.50. The summed E-state index contributed by atoms with van der Waals surface area (Å²) < 4.78 is 0. The molecular formula is C18H27N3O3. The second kappa shape index (κ2) is 8.65. The van der Waals surface area contributed by atoms with Crippen molar-refractivity contribution in [2.24, 2.45) is 5.41 Å². The minimum atomic E-state index is -0.382. The number of carbonyl (C=O) groups excluding carboxylic acids is 1. The summed E-state index contributed by atoms with van der Waals surface area (Å²) in [5, 5.41) is 21.1. The van der Waals surface area contributed by atoms with E-state index in [2.05, 4.69) is 10.3 Å². The minimum absolute atomic E-state index is 0.0553. The molecule has 3 N–H and O–H groups in total. The van der Waals surface area contributed by atoms with E-state index in [1.165, 1.54) is 0 Å². The molecule has 0 radical (unpaired) electrons. The van der Waals surface area contributed by atoms with Crippen molar-refractivity contribution in [2.45, 2.75) is 53.4 Å². The molecule has 0 saturated heterocycles. The summed E-state index contributed by atoms with van der Waals surface area (Å²) in [6.07, 6.45) is 2.45. The molecule has 1 heterocycles. The number of aliphatic hydroxyl groups is 1. The molecule has 0 aliphatic carbocycles. The molecule has 6 heteroatoms. The molecule has 6 nitrogen and oxygen atoms in total. The number of nitriles is 1. The number of carbonyl (C=O) groups is 1. The number of amides is 1. The predicted molar refractivity (Wildman–Crippen MR) is 92.7 cm³/mol. The Bertz CT molecular complexity index is 684. The molecule has 0 unspecified atom stereocenters. The van der Waals surface area contributed by atoms with Gasteiger partial charge in [0.05, 0.1) is 0 Å². The van der Waals surface area contributed by atoms with Crippen molar-refractivity contribution in [3.05, 3.63) is 32.7 Å². The van der Waals surface area contributed by atoms with E-state index in [9.17, 15) is 14.7 Å². The standard InChI is InChI=1S/C18H27N3O3/c1-12-14(13(2)21-17(24)15(12)10-19)6-7-16(23)20-9-5-8-18(3,4)11-22/h22H,5-9,11H2,1-4H3,(H,20,23)(H,21,24). The molecule has 0 fully saturated rings. The van der Waals surface area contributed by atoms with Crippen molar-refractivity contribution in [3.63, 3.8) is 0 Å². The Hall–Kier alpha value is -2.13. The highest BCUT2D eigenvalue weighted by Gasteiger charge is 2.16. The molecule has 1 aromatic rings. The zero-order valence-electron chi connectivity index (χ0n) is 15.0. The fourth-order valence-electron chi connectivity index (χ4n) is 2.62. The Morgan fingerprint density at radius 3 is 2.62 bits per heavy atom. The smallest absolute Gasteiger partial charge is 0.266 e. The van der Waals surface area contributed by atoms with Crippen LogP contribution in [0.3, 0.4) is 0 Å². The van der Waals surface area contributed by atoms with Gasteiger partial charge in [0.25, 0.3) is 5.56 Å². The van der Waals surface area contributed by atoms with Crippen LogP contribution < -0.4 is 10.9 Å². The fourth-order valence-corrected chi connectivity index (χ4v) is 2.62. The zero-order valence-corrected chi connectivity index (χ0v) is 15.0. The van der Waals surface area contributed by atoms with Crippen LogP contribution in [-0.2, 0) is 11.2 Å². The van der Waals surface area contributed by atoms with Gasteiger partial charge in [-0.2, -0.15) is 5.26 Å². The van der Waals surface area contributed by atoms with Gasteiger partial charge in [-0.1, -0.05) is 13.8 Å². The Morgan fingerprint density at radius 1 is 1.38 bits per heavy atom. The van der Waals surface area contributed by atoms with E-state index in [4.69, 9.17) is 5.26 Å². The molecule has 1 rings (SSSR count). The van der Waals surface area contributed by atoms with Gasteiger partial charge in [-0.3, -0.25) is 9.59 Å². The van der Waals surface area contributed by atoms with E-state index in [0.29, 0.717) is 30.6 Å². The van der Waals surface area contributed by atoms with E-state index in [1.54, 1.807) is 13.8 Å². The molecule has 0 atom stereocenters. The first-order valence-electron chi connectivity index (χ1n) is 8.22. The Kier molecular flexibility index (Phi) is 7.18. The Labute approximate surface area is 142 Å². The van der Waals surface area contributed by atoms with Crippen LogP contribution in [0.15, 0.2) is 4.79 Å². The van der Waals surface area contributed by atoms with E-state index in [-0.39, 0.29) is 29.1 Å². The quantitative estimate of drug-likeness (QED) is 0.630. The van der Waals surface area contributed by atoms with E-state index in [0.717, 1.165) is 18.4 Å². The number of H-pyrrole nitrogens is 1. The Morgan fingerprint density at radius 2 is 2.04 bits per heavy atom. The third-order valence-corrected chi connectivity index (χ3v) is 4.30. The van der Waals surface area contributed by atoms with E-state index < -0.39 is 0 Å². The van der Waals surface area contributed by atoms with E-state index >= 15 is 0 Å². The number of nitrogens with zero attached hydrogens (tertiary/aromatic N) is 1. The van der Waals surface area contributed by atoms with E-state index in [1.807, 2.05) is 19.9 Å². The maximum atomic E-state index is 12.0. The third-order valence-electron chi connectivity index (χ3n) is 4.30. The zero-order chi connectivity index (χ0) is 18.3. The van der Waals surface area contributed by atoms with Crippen LogP contribution in [0.1, 0.15) is 55.5 Å². The number of aromatic amines is 1. The van der Waals surface area contributed by atoms with Crippen LogP contribution >= 0.6 is 0 Å². The molecule has 0 saturated carbocycles. The normalized spacial score (nSPS) is 11.2. The molecule has 1 amide bonds. The Balaban J connectivity index is 2.54. The summed E-state index contributed by atoms with van der Waals surface area (Å²) in [4.78, 5) is 26.3. The van der Waals surface area contributed by atoms with Crippen molar-refractivity contribution < 1.29 is 9.90 Å². The summed E-state index contributed by atoms with van der Waals surface area (Å²) in [5.74, 6) is -0.0553. The lowest BCUT2D eigenvalue weighted by molar-refractivity contribution is -0.121. The van der Waals surface area contributed by atoms with Crippen LogP contribution in [0.25, 0.3) is 0 Å². The molecule has 0 aliphatic heterocycles. The van der Waals surface area contributed by atoms with Gasteiger partial charge in [0.1, 0.15) is 11.6 Å². The minimum Gasteiger partial charge on any atom is -0.396 e. The lowest BCUT2D eigenvalue weighted by atomic mass is 9.89. The number of nitrogens with one attached hydrogen (secondary N) is 2. The van der Waals surface area contributed by atoms with Gasteiger partial charge in [-0.25, -0.2) is 0 Å². The van der Waals surface area contributed by atoms with Crippen molar-refractivity contribution >= 4 is 5.91 Å². The van der Waals surface area contributed by atoms with Crippen LogP contribution in [0.2, 0.25) is 0 Å². The lowest BCUT2D eigenvalue weighted by Crippen LogP contribution is -2.27. The highest BCUT2D eigenvalue weighted by molar-refractivity contribution is 5.76. The molecule has 24 heavy (non-hydrogen) atoms. The monoisotopic (exact) mass is 333 g/mol. The molecule has 132 valence electrons. The number of aromatic nitrogens is 1. The van der Waals surface area contributed by atoms with Crippen LogP contribution in [-0.4, -0.2) is 29.1 Å². The number of hydrogen-bond donors (Lipinski definition) is 3. The van der Waals surface area contributed by atoms with Crippen molar-refractivity contribution in [3.8, 4) is 6.07 Å². The molecule has 0 aliphatic rings. The lowest BCUT2D eigenvalue weighted by Gasteiger charge is -2.21. The average Bonchev–Trinajstić information content (AvgIpc) is 2.51. The van der Waals surface area contributed by atoms with Crippen molar-refractivity contribution in [2.75, 3.05) is 13.2 Å². The number of pyridine rings is 1. The van der Waals surface area contributed by atoms with Gasteiger partial charge in [-0.05, 0) is 49.7 Å². The highest BCUT2D eigenvalue weighted by Crippen LogP contribution is 2.20. The van der Waals surface area contributed by atoms with Gasteiger partial charge in [0, 0.05) is 25.3 Å². The second-order valence-corrected chi connectivity index (χ2v) is 6.95. The van der Waals surface area contributed by atoms with Gasteiger partial charge in [-0.15, -0.1) is 0 Å². The largest absolute Gasteiger partial charge is 0.396 e. The van der Waals surface area contributed by atoms with Crippen LogP contribution in [0.4, 0.5) is 0 Å². The summed E-state index contributed by atoms with van der Waals surface area (Å²) in [5.41, 5.74) is 1.81. The molecular weight excluding hydrogens is 306 g/mol. The van der Waals surface area contributed by atoms with Gasteiger partial charge >= 0.3 is 0 Å². The first-order valence-corrected chi connectivity index (χ1v) is 8.22. The molecule has 0 spiro atoms. The number of aliphatic hydroxyl groups excluding tert-OH is 1. The number of rotatable bonds is 8.